The van der Waals surface area contributed by atoms with Crippen molar-refractivity contribution in [2.75, 3.05) is 37.6 Å². The maximum Gasteiger partial charge on any atom is 0.270 e. The van der Waals surface area contributed by atoms with Gasteiger partial charge in [-0.3, -0.25) is 9.69 Å². The third-order valence-electron chi connectivity index (χ3n) is 5.79. The Morgan fingerprint density at radius 1 is 1.21 bits per heavy atom. The van der Waals surface area contributed by atoms with Crippen LogP contribution in [-0.2, 0) is 0 Å². The zero-order valence-electron chi connectivity index (χ0n) is 16.6. The molecule has 4 heterocycles. The molecule has 2 fully saturated rings. The fourth-order valence-electron chi connectivity index (χ4n) is 4.05. The number of piperidine rings is 1. The number of carbonyl (C=O) groups is 1. The normalized spacial score (nSPS) is 20.5. The average molecular weight is 400 g/mol. The van der Waals surface area contributed by atoms with Gasteiger partial charge in [0.15, 0.2) is 0 Å². The summed E-state index contributed by atoms with van der Waals surface area (Å²) in [4.78, 5) is 26.3. The molecule has 6 nitrogen and oxygen atoms in total. The van der Waals surface area contributed by atoms with Crippen molar-refractivity contribution in [2.45, 2.75) is 45.1 Å². The van der Waals surface area contributed by atoms with Gasteiger partial charge in [-0.05, 0) is 51.3 Å². The summed E-state index contributed by atoms with van der Waals surface area (Å²) in [5, 5.41) is 5.70. The predicted molar refractivity (Wildman–Crippen MR) is 114 cm³/mol. The Hall–Kier alpha value is -1.99. The number of amides is 1. The first-order chi connectivity index (χ1) is 13.7. The first-order valence-corrected chi connectivity index (χ1v) is 11.3. The van der Waals surface area contributed by atoms with Crippen LogP contribution in [0.2, 0.25) is 0 Å². The van der Waals surface area contributed by atoms with E-state index >= 15 is 0 Å². The van der Waals surface area contributed by atoms with Gasteiger partial charge in [-0.2, -0.15) is 0 Å². The summed E-state index contributed by atoms with van der Waals surface area (Å²) in [6.45, 7) is 7.16. The third-order valence-corrected chi connectivity index (χ3v) is 6.68. The van der Waals surface area contributed by atoms with E-state index in [1.54, 1.807) is 0 Å². The number of nitrogens with one attached hydrogen (secondary N) is 1. The standard InChI is InChI=1S/C21H29N5OS/c1-16-6-2-3-10-25(16)13-9-22-20(27)18-15-28-21(24-18)17-7-8-19(23-14-17)26-11-4-5-12-26/h7-8,14-16H,2-6,9-13H2,1H3,(H,22,27)/t16-/m1/s1. The van der Waals surface area contributed by atoms with Crippen LogP contribution in [0.3, 0.4) is 0 Å². The van der Waals surface area contributed by atoms with Crippen LogP contribution in [0, 0.1) is 0 Å². The number of anilines is 1. The van der Waals surface area contributed by atoms with Crippen LogP contribution >= 0.6 is 11.3 Å². The van der Waals surface area contributed by atoms with Crippen molar-refractivity contribution in [1.82, 2.24) is 20.2 Å². The molecular formula is C21H29N5OS. The molecule has 0 radical (unpaired) electrons. The second kappa shape index (κ2) is 9.01. The number of pyridine rings is 1. The van der Waals surface area contributed by atoms with Crippen molar-refractivity contribution in [1.29, 1.82) is 0 Å². The number of likely N-dealkylation sites (tertiary alicyclic amines) is 1. The Kier molecular flexibility index (Phi) is 6.22. The largest absolute Gasteiger partial charge is 0.357 e. The highest BCUT2D eigenvalue weighted by atomic mass is 32.1. The maximum atomic E-state index is 12.4. The predicted octanol–water partition coefficient (Wildman–Crippen LogP) is 3.41. The lowest BCUT2D eigenvalue weighted by Crippen LogP contribution is -2.42. The van der Waals surface area contributed by atoms with Crippen molar-refractivity contribution < 1.29 is 4.79 Å². The van der Waals surface area contributed by atoms with E-state index in [9.17, 15) is 4.79 Å². The molecule has 1 N–H and O–H groups in total. The van der Waals surface area contributed by atoms with Gasteiger partial charge in [0.05, 0.1) is 0 Å². The van der Waals surface area contributed by atoms with Gasteiger partial charge in [-0.15, -0.1) is 11.3 Å². The van der Waals surface area contributed by atoms with Crippen molar-refractivity contribution >= 4 is 23.1 Å². The first kappa shape index (κ1) is 19.3. The molecule has 28 heavy (non-hydrogen) atoms. The Balaban J connectivity index is 1.31. The summed E-state index contributed by atoms with van der Waals surface area (Å²) in [5.74, 6) is 0.941. The van der Waals surface area contributed by atoms with E-state index in [0.717, 1.165) is 42.6 Å². The lowest BCUT2D eigenvalue weighted by atomic mass is 10.0. The highest BCUT2D eigenvalue weighted by Crippen LogP contribution is 2.25. The number of aromatic nitrogens is 2. The minimum absolute atomic E-state index is 0.0891. The smallest absolute Gasteiger partial charge is 0.270 e. The minimum Gasteiger partial charge on any atom is -0.357 e. The topological polar surface area (TPSA) is 61.4 Å². The second-order valence-corrected chi connectivity index (χ2v) is 8.63. The zero-order chi connectivity index (χ0) is 19.3. The summed E-state index contributed by atoms with van der Waals surface area (Å²) in [7, 11) is 0. The Labute approximate surface area is 171 Å². The fourth-order valence-corrected chi connectivity index (χ4v) is 4.84. The van der Waals surface area contributed by atoms with Crippen molar-refractivity contribution in [3.05, 3.63) is 29.4 Å². The van der Waals surface area contributed by atoms with Gasteiger partial charge in [0, 0.05) is 49.4 Å². The van der Waals surface area contributed by atoms with Crippen molar-refractivity contribution in [3.63, 3.8) is 0 Å². The van der Waals surface area contributed by atoms with Crippen molar-refractivity contribution in [3.8, 4) is 10.6 Å². The molecule has 4 rings (SSSR count). The van der Waals surface area contributed by atoms with Gasteiger partial charge in [0.2, 0.25) is 0 Å². The van der Waals surface area contributed by atoms with Gasteiger partial charge < -0.3 is 10.2 Å². The Morgan fingerprint density at radius 3 is 2.79 bits per heavy atom. The molecule has 0 spiro atoms. The average Bonchev–Trinajstić information content (AvgIpc) is 3.42. The third kappa shape index (κ3) is 4.52. The van der Waals surface area contributed by atoms with Crippen LogP contribution in [0.4, 0.5) is 5.82 Å². The number of thiazole rings is 1. The lowest BCUT2D eigenvalue weighted by molar-refractivity contribution is 0.0934. The molecule has 2 aliphatic rings. The number of hydrogen-bond acceptors (Lipinski definition) is 6. The summed E-state index contributed by atoms with van der Waals surface area (Å²) in [6.07, 6.45) is 8.19. The summed E-state index contributed by atoms with van der Waals surface area (Å²) >= 11 is 1.50. The van der Waals surface area contributed by atoms with Crippen LogP contribution in [0.1, 0.15) is 49.5 Å². The lowest BCUT2D eigenvalue weighted by Gasteiger charge is -2.33. The van der Waals surface area contributed by atoms with E-state index in [1.807, 2.05) is 11.6 Å². The number of nitrogens with zero attached hydrogens (tertiary/aromatic N) is 4. The SMILES string of the molecule is C[C@@H]1CCCCN1CCNC(=O)c1csc(-c2ccc(N3CCCC3)nc2)n1. The minimum atomic E-state index is -0.0891. The molecular weight excluding hydrogens is 370 g/mol. The highest BCUT2D eigenvalue weighted by Gasteiger charge is 2.18. The van der Waals surface area contributed by atoms with E-state index < -0.39 is 0 Å². The van der Waals surface area contributed by atoms with E-state index in [2.05, 4.69) is 44.1 Å². The van der Waals surface area contributed by atoms with Crippen molar-refractivity contribution in [2.24, 2.45) is 0 Å². The molecule has 2 aliphatic heterocycles. The zero-order valence-corrected chi connectivity index (χ0v) is 17.4. The van der Waals surface area contributed by atoms with Gasteiger partial charge in [-0.25, -0.2) is 9.97 Å². The van der Waals surface area contributed by atoms with E-state index in [-0.39, 0.29) is 5.91 Å². The van der Waals surface area contributed by atoms with E-state index in [4.69, 9.17) is 0 Å². The number of rotatable bonds is 6. The monoisotopic (exact) mass is 399 g/mol. The molecule has 7 heteroatoms. The molecule has 0 bridgehead atoms. The quantitative estimate of drug-likeness (QED) is 0.807. The van der Waals surface area contributed by atoms with Crippen LogP contribution in [0.15, 0.2) is 23.7 Å². The maximum absolute atomic E-state index is 12.4. The molecule has 2 aromatic rings. The van der Waals surface area contributed by atoms with Crippen LogP contribution < -0.4 is 10.2 Å². The highest BCUT2D eigenvalue weighted by molar-refractivity contribution is 7.13. The van der Waals surface area contributed by atoms with E-state index in [0.29, 0.717) is 18.3 Å². The number of hydrogen-bond donors (Lipinski definition) is 1. The Morgan fingerprint density at radius 2 is 2.04 bits per heavy atom. The molecule has 0 aliphatic carbocycles. The molecule has 1 atom stereocenters. The molecule has 150 valence electrons. The number of carbonyl (C=O) groups excluding carboxylic acids is 1. The van der Waals surface area contributed by atoms with Crippen LogP contribution in [0.5, 0.6) is 0 Å². The van der Waals surface area contributed by atoms with Gasteiger partial charge in [0.1, 0.15) is 16.5 Å². The summed E-state index contributed by atoms with van der Waals surface area (Å²) in [5.41, 5.74) is 1.46. The molecule has 2 saturated heterocycles. The van der Waals surface area contributed by atoms with Gasteiger partial charge in [-0.1, -0.05) is 6.42 Å². The first-order valence-electron chi connectivity index (χ1n) is 10.4. The fraction of sp³-hybridized carbons (Fsp3) is 0.571. The Bertz CT molecular complexity index is 784. The molecule has 0 aromatic carbocycles. The van der Waals surface area contributed by atoms with Crippen LogP contribution in [-0.4, -0.2) is 59.5 Å². The van der Waals surface area contributed by atoms with Gasteiger partial charge in [0.25, 0.3) is 5.91 Å². The molecule has 0 saturated carbocycles. The van der Waals surface area contributed by atoms with E-state index in [1.165, 1.54) is 43.4 Å². The summed E-state index contributed by atoms with van der Waals surface area (Å²) in [6, 6.07) is 4.73. The van der Waals surface area contributed by atoms with Crippen LogP contribution in [0.25, 0.3) is 10.6 Å². The molecule has 2 aromatic heterocycles. The molecule has 0 unspecified atom stereocenters. The summed E-state index contributed by atoms with van der Waals surface area (Å²) < 4.78 is 0. The van der Waals surface area contributed by atoms with Gasteiger partial charge >= 0.3 is 0 Å². The molecule has 1 amide bonds. The second-order valence-electron chi connectivity index (χ2n) is 7.77.